The van der Waals surface area contributed by atoms with Crippen LogP contribution < -0.4 is 0 Å². The molecule has 0 bridgehead atoms. The minimum absolute atomic E-state index is 0.0325. The molecule has 0 aliphatic carbocycles. The predicted octanol–water partition coefficient (Wildman–Crippen LogP) is 3.05. The molecule has 0 heterocycles. The predicted molar refractivity (Wildman–Crippen MR) is 64.6 cm³/mol. The standard InChI is InChI=1S/C14H18O2/c1-10(15)12-7-5-6-11(8-12)9-13(16)14(2,3)4/h5-8H,9H2,1-4H3. The summed E-state index contributed by atoms with van der Waals surface area (Å²) in [5.74, 6) is 0.221. The third-order valence-corrected chi connectivity index (χ3v) is 2.53. The molecule has 0 aliphatic rings. The third-order valence-electron chi connectivity index (χ3n) is 2.53. The number of hydrogen-bond acceptors (Lipinski definition) is 2. The first kappa shape index (κ1) is 12.6. The Kier molecular flexibility index (Phi) is 3.63. The summed E-state index contributed by atoms with van der Waals surface area (Å²) in [6, 6.07) is 7.28. The number of ketones is 2. The summed E-state index contributed by atoms with van der Waals surface area (Å²) in [6.45, 7) is 7.25. The maximum absolute atomic E-state index is 11.8. The summed E-state index contributed by atoms with van der Waals surface area (Å²) in [4.78, 5) is 23.0. The summed E-state index contributed by atoms with van der Waals surface area (Å²) in [7, 11) is 0. The second kappa shape index (κ2) is 4.60. The Bertz CT molecular complexity index is 411. The van der Waals surface area contributed by atoms with Crippen LogP contribution in [-0.4, -0.2) is 11.6 Å². The Morgan fingerprint density at radius 1 is 1.19 bits per heavy atom. The molecular weight excluding hydrogens is 200 g/mol. The summed E-state index contributed by atoms with van der Waals surface area (Å²) in [5, 5.41) is 0. The van der Waals surface area contributed by atoms with Crippen molar-refractivity contribution in [3.63, 3.8) is 0 Å². The number of Topliss-reactive ketones (excluding diaryl/α,β-unsaturated/α-hetero) is 2. The zero-order valence-corrected chi connectivity index (χ0v) is 10.3. The normalized spacial score (nSPS) is 11.2. The van der Waals surface area contributed by atoms with Crippen molar-refractivity contribution < 1.29 is 9.59 Å². The fourth-order valence-corrected chi connectivity index (χ4v) is 1.35. The van der Waals surface area contributed by atoms with E-state index >= 15 is 0 Å². The van der Waals surface area contributed by atoms with Crippen LogP contribution in [0.5, 0.6) is 0 Å². The lowest BCUT2D eigenvalue weighted by atomic mass is 9.87. The first-order valence-corrected chi connectivity index (χ1v) is 5.44. The monoisotopic (exact) mass is 218 g/mol. The number of hydrogen-bond donors (Lipinski definition) is 0. The molecule has 0 atom stereocenters. The van der Waals surface area contributed by atoms with Crippen LogP contribution in [-0.2, 0) is 11.2 Å². The van der Waals surface area contributed by atoms with Crippen LogP contribution in [0.15, 0.2) is 24.3 Å². The smallest absolute Gasteiger partial charge is 0.159 e. The van der Waals surface area contributed by atoms with Gasteiger partial charge in [0, 0.05) is 17.4 Å². The van der Waals surface area contributed by atoms with Crippen molar-refractivity contribution in [2.24, 2.45) is 5.41 Å². The lowest BCUT2D eigenvalue weighted by molar-refractivity contribution is -0.125. The number of benzene rings is 1. The van der Waals surface area contributed by atoms with Gasteiger partial charge in [0.2, 0.25) is 0 Å². The third kappa shape index (κ3) is 3.30. The molecular formula is C14H18O2. The Morgan fingerprint density at radius 2 is 1.81 bits per heavy atom. The van der Waals surface area contributed by atoms with Gasteiger partial charge in [-0.2, -0.15) is 0 Å². The van der Waals surface area contributed by atoms with Gasteiger partial charge in [0.05, 0.1) is 0 Å². The highest BCUT2D eigenvalue weighted by molar-refractivity contribution is 5.94. The van der Waals surface area contributed by atoms with Gasteiger partial charge >= 0.3 is 0 Å². The van der Waals surface area contributed by atoms with Crippen LogP contribution in [0.4, 0.5) is 0 Å². The highest BCUT2D eigenvalue weighted by Gasteiger charge is 2.21. The molecule has 0 aromatic heterocycles. The van der Waals surface area contributed by atoms with Crippen molar-refractivity contribution in [2.45, 2.75) is 34.1 Å². The molecule has 0 fully saturated rings. The average Bonchev–Trinajstić information content (AvgIpc) is 2.16. The van der Waals surface area contributed by atoms with Crippen LogP contribution in [0.2, 0.25) is 0 Å². The van der Waals surface area contributed by atoms with E-state index in [0.29, 0.717) is 12.0 Å². The van der Waals surface area contributed by atoms with Crippen molar-refractivity contribution in [2.75, 3.05) is 0 Å². The van der Waals surface area contributed by atoms with Gasteiger partial charge in [-0.25, -0.2) is 0 Å². The molecule has 0 spiro atoms. The number of carbonyl (C=O) groups is 2. The van der Waals surface area contributed by atoms with E-state index in [1.807, 2.05) is 32.9 Å². The van der Waals surface area contributed by atoms with Gasteiger partial charge in [-0.3, -0.25) is 9.59 Å². The first-order chi connectivity index (χ1) is 7.30. The molecule has 2 nitrogen and oxygen atoms in total. The van der Waals surface area contributed by atoms with Crippen LogP contribution in [0.1, 0.15) is 43.6 Å². The highest BCUT2D eigenvalue weighted by atomic mass is 16.1. The number of carbonyl (C=O) groups excluding carboxylic acids is 2. The molecule has 0 saturated carbocycles. The lowest BCUT2D eigenvalue weighted by Crippen LogP contribution is -2.22. The first-order valence-electron chi connectivity index (χ1n) is 5.44. The van der Waals surface area contributed by atoms with E-state index in [4.69, 9.17) is 0 Å². The van der Waals surface area contributed by atoms with Gasteiger partial charge in [0.1, 0.15) is 5.78 Å². The van der Waals surface area contributed by atoms with Gasteiger partial charge in [-0.1, -0.05) is 39.0 Å². The number of rotatable bonds is 3. The maximum Gasteiger partial charge on any atom is 0.159 e. The lowest BCUT2D eigenvalue weighted by Gasteiger charge is -2.16. The van der Waals surface area contributed by atoms with Gasteiger partial charge < -0.3 is 0 Å². The second-order valence-electron chi connectivity index (χ2n) is 5.11. The van der Waals surface area contributed by atoms with Crippen LogP contribution in [0, 0.1) is 5.41 Å². The van der Waals surface area contributed by atoms with E-state index < -0.39 is 0 Å². The fourth-order valence-electron chi connectivity index (χ4n) is 1.35. The second-order valence-corrected chi connectivity index (χ2v) is 5.11. The Morgan fingerprint density at radius 3 is 2.31 bits per heavy atom. The van der Waals surface area contributed by atoms with Gasteiger partial charge in [0.25, 0.3) is 0 Å². The molecule has 0 aliphatic heterocycles. The van der Waals surface area contributed by atoms with Crippen LogP contribution in [0.3, 0.4) is 0 Å². The maximum atomic E-state index is 11.8. The van der Waals surface area contributed by atoms with Crippen molar-refractivity contribution in [1.82, 2.24) is 0 Å². The van der Waals surface area contributed by atoms with Crippen LogP contribution >= 0.6 is 0 Å². The Balaban J connectivity index is 2.87. The quantitative estimate of drug-likeness (QED) is 0.731. The summed E-state index contributed by atoms with van der Waals surface area (Å²) >= 11 is 0. The zero-order valence-electron chi connectivity index (χ0n) is 10.3. The molecule has 0 radical (unpaired) electrons. The van der Waals surface area contributed by atoms with E-state index in [0.717, 1.165) is 5.56 Å². The Hall–Kier alpha value is -1.44. The van der Waals surface area contributed by atoms with Crippen molar-refractivity contribution in [1.29, 1.82) is 0 Å². The molecule has 0 saturated heterocycles. The zero-order chi connectivity index (χ0) is 12.3. The van der Waals surface area contributed by atoms with E-state index in [9.17, 15) is 9.59 Å². The van der Waals surface area contributed by atoms with Crippen molar-refractivity contribution in [3.8, 4) is 0 Å². The molecule has 1 aromatic rings. The van der Waals surface area contributed by atoms with Crippen molar-refractivity contribution in [3.05, 3.63) is 35.4 Å². The van der Waals surface area contributed by atoms with E-state index in [2.05, 4.69) is 0 Å². The topological polar surface area (TPSA) is 34.1 Å². The largest absolute Gasteiger partial charge is 0.299 e. The summed E-state index contributed by atoms with van der Waals surface area (Å²) in [5.41, 5.74) is 1.25. The molecule has 16 heavy (non-hydrogen) atoms. The molecule has 2 heteroatoms. The SMILES string of the molecule is CC(=O)c1cccc(CC(=O)C(C)(C)C)c1. The minimum Gasteiger partial charge on any atom is -0.299 e. The molecule has 1 rings (SSSR count). The minimum atomic E-state index is -0.327. The molecule has 0 unspecified atom stereocenters. The molecule has 0 N–H and O–H groups in total. The van der Waals surface area contributed by atoms with Gasteiger partial charge in [-0.15, -0.1) is 0 Å². The van der Waals surface area contributed by atoms with Crippen LogP contribution in [0.25, 0.3) is 0 Å². The average molecular weight is 218 g/mol. The highest BCUT2D eigenvalue weighted by Crippen LogP contribution is 2.18. The van der Waals surface area contributed by atoms with Gasteiger partial charge in [-0.05, 0) is 18.6 Å². The molecule has 1 aromatic carbocycles. The fraction of sp³-hybridized carbons (Fsp3) is 0.429. The van der Waals surface area contributed by atoms with Gasteiger partial charge in [0.15, 0.2) is 5.78 Å². The van der Waals surface area contributed by atoms with E-state index in [1.165, 1.54) is 6.92 Å². The van der Waals surface area contributed by atoms with E-state index in [-0.39, 0.29) is 17.0 Å². The van der Waals surface area contributed by atoms with E-state index in [1.54, 1.807) is 12.1 Å². The summed E-state index contributed by atoms with van der Waals surface area (Å²) < 4.78 is 0. The molecule has 0 amide bonds. The molecule has 86 valence electrons. The Labute approximate surface area is 96.7 Å². The van der Waals surface area contributed by atoms with Crippen molar-refractivity contribution >= 4 is 11.6 Å². The summed E-state index contributed by atoms with van der Waals surface area (Å²) in [6.07, 6.45) is 0.393.